The lowest BCUT2D eigenvalue weighted by Crippen LogP contribution is -2.33. The first-order chi connectivity index (χ1) is 12.2. The highest BCUT2D eigenvalue weighted by molar-refractivity contribution is 7.89. The zero-order valence-corrected chi connectivity index (χ0v) is 15.7. The number of hydrogen-bond acceptors (Lipinski definition) is 4. The molecule has 0 aliphatic rings. The molecule has 0 bridgehead atoms. The van der Waals surface area contributed by atoms with Gasteiger partial charge in [0.25, 0.3) is 0 Å². The van der Waals surface area contributed by atoms with Gasteiger partial charge in [0.15, 0.2) is 0 Å². The molecule has 0 saturated carbocycles. The van der Waals surface area contributed by atoms with Gasteiger partial charge in [-0.15, -0.1) is 0 Å². The average Bonchev–Trinajstić information content (AvgIpc) is 2.56. The smallest absolute Gasteiger partial charge is 0.241 e. The second-order valence-corrected chi connectivity index (χ2v) is 7.74. The van der Waals surface area contributed by atoms with Gasteiger partial charge < -0.3 is 10.6 Å². The third-order valence-electron chi connectivity index (χ3n) is 3.37. The number of amides is 2. The molecule has 0 aliphatic heterocycles. The molecular weight excluding hydrogens is 378 g/mol. The SMILES string of the molecule is CC(=O)Nc1ccc(S(=O)(=O)NCC(=O)Nc2ccc(Cl)cc2C)cc1. The van der Waals surface area contributed by atoms with Crippen LogP contribution < -0.4 is 15.4 Å². The van der Waals surface area contributed by atoms with E-state index in [1.165, 1.54) is 31.2 Å². The number of hydrogen-bond donors (Lipinski definition) is 3. The van der Waals surface area contributed by atoms with Gasteiger partial charge in [0.05, 0.1) is 11.4 Å². The fourth-order valence-electron chi connectivity index (χ4n) is 2.13. The number of carbonyl (C=O) groups excluding carboxylic acids is 2. The van der Waals surface area contributed by atoms with Crippen molar-refractivity contribution in [3.63, 3.8) is 0 Å². The summed E-state index contributed by atoms with van der Waals surface area (Å²) in [5.74, 6) is -0.762. The normalized spacial score (nSPS) is 11.0. The van der Waals surface area contributed by atoms with Crippen molar-refractivity contribution in [1.82, 2.24) is 4.72 Å². The van der Waals surface area contributed by atoms with Crippen molar-refractivity contribution in [3.8, 4) is 0 Å². The summed E-state index contributed by atoms with van der Waals surface area (Å²) in [6.07, 6.45) is 0. The Kier molecular flexibility index (Phi) is 6.36. The molecule has 0 fully saturated rings. The van der Waals surface area contributed by atoms with Crippen molar-refractivity contribution in [2.24, 2.45) is 0 Å². The van der Waals surface area contributed by atoms with Gasteiger partial charge in [-0.2, -0.15) is 0 Å². The monoisotopic (exact) mass is 395 g/mol. The van der Waals surface area contributed by atoms with Crippen molar-refractivity contribution in [2.45, 2.75) is 18.7 Å². The molecule has 0 heterocycles. The Bertz CT molecular complexity index is 928. The summed E-state index contributed by atoms with van der Waals surface area (Å²) in [5.41, 5.74) is 1.80. The molecule has 0 radical (unpaired) electrons. The van der Waals surface area contributed by atoms with Crippen LogP contribution in [0.15, 0.2) is 47.4 Å². The maximum absolute atomic E-state index is 12.2. The van der Waals surface area contributed by atoms with E-state index in [0.717, 1.165) is 5.56 Å². The predicted octanol–water partition coefficient (Wildman–Crippen LogP) is 2.52. The van der Waals surface area contributed by atoms with E-state index in [4.69, 9.17) is 11.6 Å². The summed E-state index contributed by atoms with van der Waals surface area (Å²) in [6, 6.07) is 10.6. The van der Waals surface area contributed by atoms with Gasteiger partial charge in [-0.05, 0) is 55.0 Å². The maximum Gasteiger partial charge on any atom is 0.241 e. The van der Waals surface area contributed by atoms with E-state index in [9.17, 15) is 18.0 Å². The molecule has 0 unspecified atom stereocenters. The molecular formula is C17H18ClN3O4S. The third-order valence-corrected chi connectivity index (χ3v) is 5.02. The van der Waals surface area contributed by atoms with Crippen LogP contribution >= 0.6 is 11.6 Å². The van der Waals surface area contributed by atoms with E-state index >= 15 is 0 Å². The number of anilines is 2. The van der Waals surface area contributed by atoms with Gasteiger partial charge in [0, 0.05) is 23.3 Å². The Hall–Kier alpha value is -2.42. The summed E-state index contributed by atoms with van der Waals surface area (Å²) in [7, 11) is -3.85. The topological polar surface area (TPSA) is 104 Å². The minimum absolute atomic E-state index is 0.0120. The van der Waals surface area contributed by atoms with Gasteiger partial charge >= 0.3 is 0 Å². The Labute approximate surface area is 156 Å². The summed E-state index contributed by atoms with van der Waals surface area (Å²) in [5, 5.41) is 5.71. The van der Waals surface area contributed by atoms with Crippen molar-refractivity contribution in [1.29, 1.82) is 0 Å². The minimum atomic E-state index is -3.85. The number of carbonyl (C=O) groups is 2. The number of benzene rings is 2. The van der Waals surface area contributed by atoms with Gasteiger partial charge in [-0.3, -0.25) is 9.59 Å². The van der Waals surface area contributed by atoms with E-state index in [1.54, 1.807) is 25.1 Å². The summed E-state index contributed by atoms with van der Waals surface area (Å²) in [4.78, 5) is 22.9. The molecule has 2 amide bonds. The fraction of sp³-hybridized carbons (Fsp3) is 0.176. The molecule has 2 aromatic rings. The molecule has 2 rings (SSSR count). The van der Waals surface area contributed by atoms with Gasteiger partial charge in [0.2, 0.25) is 21.8 Å². The number of aryl methyl sites for hydroxylation is 1. The largest absolute Gasteiger partial charge is 0.326 e. The van der Waals surface area contributed by atoms with Crippen LogP contribution in [-0.2, 0) is 19.6 Å². The van der Waals surface area contributed by atoms with E-state index in [2.05, 4.69) is 15.4 Å². The summed E-state index contributed by atoms with van der Waals surface area (Å²) >= 11 is 5.85. The summed E-state index contributed by atoms with van der Waals surface area (Å²) < 4.78 is 26.7. The van der Waals surface area contributed by atoms with E-state index in [-0.39, 0.29) is 10.8 Å². The van der Waals surface area contributed by atoms with Crippen LogP contribution in [0.4, 0.5) is 11.4 Å². The van der Waals surface area contributed by atoms with E-state index in [1.807, 2.05) is 0 Å². The van der Waals surface area contributed by atoms with Crippen LogP contribution in [0.1, 0.15) is 12.5 Å². The van der Waals surface area contributed by atoms with Crippen LogP contribution in [0.25, 0.3) is 0 Å². The average molecular weight is 396 g/mol. The quantitative estimate of drug-likeness (QED) is 0.698. The van der Waals surface area contributed by atoms with Gasteiger partial charge in [-0.25, -0.2) is 13.1 Å². The third kappa shape index (κ3) is 5.55. The number of nitrogens with one attached hydrogen (secondary N) is 3. The zero-order chi connectivity index (χ0) is 19.3. The van der Waals surface area contributed by atoms with Crippen molar-refractivity contribution >= 4 is 44.8 Å². The Morgan fingerprint density at radius 2 is 1.69 bits per heavy atom. The van der Waals surface area contributed by atoms with E-state index in [0.29, 0.717) is 16.4 Å². The van der Waals surface area contributed by atoms with Crippen LogP contribution in [0.3, 0.4) is 0 Å². The lowest BCUT2D eigenvalue weighted by Gasteiger charge is -2.10. The standard InChI is InChI=1S/C17H18ClN3O4S/c1-11-9-13(18)3-8-16(11)21-17(23)10-19-26(24,25)15-6-4-14(5-7-15)20-12(2)22/h3-9,19H,10H2,1-2H3,(H,20,22)(H,21,23). The lowest BCUT2D eigenvalue weighted by molar-refractivity contribution is -0.115. The van der Waals surface area contributed by atoms with Gasteiger partial charge in [0.1, 0.15) is 0 Å². The highest BCUT2D eigenvalue weighted by Crippen LogP contribution is 2.19. The number of rotatable bonds is 6. The zero-order valence-electron chi connectivity index (χ0n) is 14.2. The molecule has 3 N–H and O–H groups in total. The van der Waals surface area contributed by atoms with Crippen LogP contribution in [0.2, 0.25) is 5.02 Å². The lowest BCUT2D eigenvalue weighted by atomic mass is 10.2. The summed E-state index contributed by atoms with van der Waals surface area (Å²) in [6.45, 7) is 2.72. The maximum atomic E-state index is 12.2. The molecule has 0 atom stereocenters. The van der Waals surface area contributed by atoms with Crippen molar-refractivity contribution in [3.05, 3.63) is 53.1 Å². The predicted molar refractivity (Wildman–Crippen MR) is 101 cm³/mol. The van der Waals surface area contributed by atoms with Crippen LogP contribution in [0, 0.1) is 6.92 Å². The second-order valence-electron chi connectivity index (χ2n) is 5.54. The first kappa shape index (κ1) is 19.9. The van der Waals surface area contributed by atoms with Gasteiger partial charge in [-0.1, -0.05) is 11.6 Å². The second kappa shape index (κ2) is 8.31. The molecule has 0 saturated heterocycles. The molecule has 0 aliphatic carbocycles. The van der Waals surface area contributed by atoms with Crippen molar-refractivity contribution < 1.29 is 18.0 Å². The molecule has 0 aromatic heterocycles. The molecule has 138 valence electrons. The molecule has 0 spiro atoms. The molecule has 26 heavy (non-hydrogen) atoms. The number of sulfonamides is 1. The fourth-order valence-corrected chi connectivity index (χ4v) is 3.34. The molecule has 2 aromatic carbocycles. The van der Waals surface area contributed by atoms with E-state index < -0.39 is 22.5 Å². The first-order valence-electron chi connectivity index (χ1n) is 7.61. The Balaban J connectivity index is 1.98. The van der Waals surface area contributed by atoms with Crippen LogP contribution in [0.5, 0.6) is 0 Å². The van der Waals surface area contributed by atoms with Crippen molar-refractivity contribution in [2.75, 3.05) is 17.2 Å². The Morgan fingerprint density at radius 1 is 1.04 bits per heavy atom. The highest BCUT2D eigenvalue weighted by atomic mass is 35.5. The first-order valence-corrected chi connectivity index (χ1v) is 9.47. The molecule has 9 heteroatoms. The number of halogens is 1. The van der Waals surface area contributed by atoms with Crippen LogP contribution in [-0.4, -0.2) is 26.8 Å². The molecule has 7 nitrogen and oxygen atoms in total. The highest BCUT2D eigenvalue weighted by Gasteiger charge is 2.16. The minimum Gasteiger partial charge on any atom is -0.326 e. The Morgan fingerprint density at radius 3 is 2.27 bits per heavy atom.